The number of amides is 2. The summed E-state index contributed by atoms with van der Waals surface area (Å²) in [5.41, 5.74) is 1.47. The summed E-state index contributed by atoms with van der Waals surface area (Å²) >= 11 is 0. The molecule has 0 spiro atoms. The molecule has 0 saturated heterocycles. The molecule has 0 aliphatic carbocycles. The van der Waals surface area contributed by atoms with Crippen LogP contribution in [0, 0.1) is 11.8 Å². The number of hydrogen-bond acceptors (Lipinski definition) is 3. The van der Waals surface area contributed by atoms with Crippen LogP contribution in [0.1, 0.15) is 30.4 Å². The van der Waals surface area contributed by atoms with E-state index in [0.717, 1.165) is 5.56 Å². The van der Waals surface area contributed by atoms with Gasteiger partial charge in [-0.25, -0.2) is 0 Å². The van der Waals surface area contributed by atoms with Crippen LogP contribution < -0.4 is 5.32 Å². The molecule has 0 radical (unpaired) electrons. The maximum atomic E-state index is 12.1. The maximum Gasteiger partial charge on any atom is 0.471 e. The van der Waals surface area contributed by atoms with Gasteiger partial charge < -0.3 is 15.3 Å². The number of nitrogens with one attached hydrogen (secondary N) is 1. The van der Waals surface area contributed by atoms with Gasteiger partial charge in [-0.15, -0.1) is 0 Å². The second-order valence-electron chi connectivity index (χ2n) is 5.82. The van der Waals surface area contributed by atoms with Crippen molar-refractivity contribution in [3.63, 3.8) is 0 Å². The Balaban J connectivity index is 2.52. The predicted molar refractivity (Wildman–Crippen MR) is 89.8 cm³/mol. The van der Waals surface area contributed by atoms with Crippen molar-refractivity contribution < 1.29 is 27.9 Å². The van der Waals surface area contributed by atoms with E-state index in [0.29, 0.717) is 18.4 Å². The lowest BCUT2D eigenvalue weighted by Gasteiger charge is -2.14. The number of hydrogen-bond donors (Lipinski definition) is 2. The molecule has 0 fully saturated rings. The van der Waals surface area contributed by atoms with Gasteiger partial charge in [0.1, 0.15) is 6.23 Å². The second-order valence-corrected chi connectivity index (χ2v) is 5.82. The van der Waals surface area contributed by atoms with Gasteiger partial charge in [0.15, 0.2) is 0 Å². The average Bonchev–Trinajstić information content (AvgIpc) is 2.56. The zero-order chi connectivity index (χ0) is 19.7. The van der Waals surface area contributed by atoms with Crippen LogP contribution in [0.15, 0.2) is 24.3 Å². The molecule has 1 atom stereocenters. The van der Waals surface area contributed by atoms with Crippen molar-refractivity contribution in [2.24, 2.45) is 0 Å². The van der Waals surface area contributed by atoms with E-state index in [2.05, 4.69) is 11.8 Å². The molecule has 0 bridgehead atoms. The Morgan fingerprint density at radius 1 is 1.31 bits per heavy atom. The standard InChI is InChI=1S/C18H21F3N2O3/c1-23(2)16(25)9-4-3-6-13-7-5-8-14(12-13)10-11-15(24)22-17(26)18(19,20)21/h5,7-8,12,15,24H,4,9-11H2,1-2H3,(H,22,26). The van der Waals surface area contributed by atoms with Crippen LogP contribution in [0.5, 0.6) is 0 Å². The molecule has 2 amide bonds. The van der Waals surface area contributed by atoms with Crippen molar-refractivity contribution >= 4 is 11.8 Å². The lowest BCUT2D eigenvalue weighted by Crippen LogP contribution is -2.43. The van der Waals surface area contributed by atoms with Crippen molar-refractivity contribution in [3.8, 4) is 11.8 Å². The quantitative estimate of drug-likeness (QED) is 0.593. The van der Waals surface area contributed by atoms with Crippen LogP contribution in [-0.4, -0.2) is 48.3 Å². The minimum atomic E-state index is -5.02. The fourth-order valence-electron chi connectivity index (χ4n) is 1.97. The molecule has 5 nitrogen and oxygen atoms in total. The maximum absolute atomic E-state index is 12.1. The largest absolute Gasteiger partial charge is 0.471 e. The fraction of sp³-hybridized carbons (Fsp3) is 0.444. The summed E-state index contributed by atoms with van der Waals surface area (Å²) in [5, 5.41) is 11.0. The summed E-state index contributed by atoms with van der Waals surface area (Å²) in [4.78, 5) is 23.7. The smallest absolute Gasteiger partial charge is 0.374 e. The number of aliphatic hydroxyl groups excluding tert-OH is 1. The first-order valence-corrected chi connectivity index (χ1v) is 7.93. The van der Waals surface area contributed by atoms with Crippen LogP contribution in [0.3, 0.4) is 0 Å². The van der Waals surface area contributed by atoms with E-state index in [4.69, 9.17) is 0 Å². The minimum Gasteiger partial charge on any atom is -0.374 e. The highest BCUT2D eigenvalue weighted by Gasteiger charge is 2.39. The summed E-state index contributed by atoms with van der Waals surface area (Å²) in [6.07, 6.45) is -5.65. The molecule has 0 aliphatic heterocycles. The number of aryl methyl sites for hydroxylation is 1. The highest BCUT2D eigenvalue weighted by Crippen LogP contribution is 2.15. The van der Waals surface area contributed by atoms with E-state index in [-0.39, 0.29) is 18.7 Å². The number of nitrogens with zero attached hydrogens (tertiary/aromatic N) is 1. The number of carbonyl (C=O) groups is 2. The normalized spacial score (nSPS) is 11.9. The van der Waals surface area contributed by atoms with E-state index in [1.165, 1.54) is 10.2 Å². The molecule has 2 N–H and O–H groups in total. The number of carbonyl (C=O) groups excluding carboxylic acids is 2. The third kappa shape index (κ3) is 8.03. The predicted octanol–water partition coefficient (Wildman–Crippen LogP) is 1.84. The molecule has 1 aromatic carbocycles. The van der Waals surface area contributed by atoms with Gasteiger partial charge in [0, 0.05) is 32.5 Å². The Morgan fingerprint density at radius 3 is 2.62 bits per heavy atom. The summed E-state index contributed by atoms with van der Waals surface area (Å²) < 4.78 is 36.3. The number of benzene rings is 1. The van der Waals surface area contributed by atoms with Crippen LogP contribution in [0.25, 0.3) is 0 Å². The highest BCUT2D eigenvalue weighted by atomic mass is 19.4. The molecular formula is C18H21F3N2O3. The van der Waals surface area contributed by atoms with Crippen LogP contribution in [0.4, 0.5) is 13.2 Å². The van der Waals surface area contributed by atoms with E-state index < -0.39 is 18.3 Å². The molecule has 142 valence electrons. The summed E-state index contributed by atoms with van der Waals surface area (Å²) in [7, 11) is 3.34. The van der Waals surface area contributed by atoms with Gasteiger partial charge >= 0.3 is 12.1 Å². The van der Waals surface area contributed by atoms with E-state index in [1.54, 1.807) is 38.4 Å². The van der Waals surface area contributed by atoms with Crippen molar-refractivity contribution in [2.75, 3.05) is 14.1 Å². The number of aliphatic hydroxyl groups is 1. The second kappa shape index (κ2) is 9.82. The third-order valence-corrected chi connectivity index (χ3v) is 3.38. The SMILES string of the molecule is CN(C)C(=O)CCC#Cc1cccc(CCC(O)NC(=O)C(F)(F)F)c1. The van der Waals surface area contributed by atoms with E-state index in [9.17, 15) is 27.9 Å². The van der Waals surface area contributed by atoms with Crippen molar-refractivity contribution in [3.05, 3.63) is 35.4 Å². The molecule has 0 aromatic heterocycles. The van der Waals surface area contributed by atoms with Gasteiger partial charge in [-0.05, 0) is 30.5 Å². The van der Waals surface area contributed by atoms with Gasteiger partial charge in [-0.2, -0.15) is 13.2 Å². The topological polar surface area (TPSA) is 69.6 Å². The summed E-state index contributed by atoms with van der Waals surface area (Å²) in [6, 6.07) is 7.01. The zero-order valence-corrected chi connectivity index (χ0v) is 14.6. The van der Waals surface area contributed by atoms with Gasteiger partial charge in [0.05, 0.1) is 0 Å². The molecule has 1 rings (SSSR count). The van der Waals surface area contributed by atoms with Gasteiger partial charge in [0.25, 0.3) is 0 Å². The van der Waals surface area contributed by atoms with E-state index in [1.807, 2.05) is 0 Å². The first-order valence-electron chi connectivity index (χ1n) is 7.93. The average molecular weight is 370 g/mol. The molecule has 1 aromatic rings. The van der Waals surface area contributed by atoms with Crippen LogP contribution in [0.2, 0.25) is 0 Å². The molecule has 0 aliphatic rings. The Kier molecular flexibility index (Phi) is 8.13. The number of rotatable bonds is 6. The Morgan fingerprint density at radius 2 is 2.00 bits per heavy atom. The Bertz CT molecular complexity index is 691. The number of halogens is 3. The third-order valence-electron chi connectivity index (χ3n) is 3.38. The monoisotopic (exact) mass is 370 g/mol. The zero-order valence-electron chi connectivity index (χ0n) is 14.6. The molecule has 1 unspecified atom stereocenters. The van der Waals surface area contributed by atoms with Crippen molar-refractivity contribution in [2.45, 2.75) is 38.1 Å². The first-order chi connectivity index (χ1) is 12.1. The van der Waals surface area contributed by atoms with Crippen molar-refractivity contribution in [1.29, 1.82) is 0 Å². The minimum absolute atomic E-state index is 0.0112. The lowest BCUT2D eigenvalue weighted by atomic mass is 10.1. The number of alkyl halides is 3. The molecule has 26 heavy (non-hydrogen) atoms. The van der Waals surface area contributed by atoms with Gasteiger partial charge in [-0.1, -0.05) is 24.0 Å². The molecule has 0 saturated carbocycles. The van der Waals surface area contributed by atoms with Gasteiger partial charge in [-0.3, -0.25) is 9.59 Å². The van der Waals surface area contributed by atoms with Crippen LogP contribution in [-0.2, 0) is 16.0 Å². The highest BCUT2D eigenvalue weighted by molar-refractivity contribution is 5.81. The Labute approximate surface area is 150 Å². The molecule has 0 heterocycles. The fourth-order valence-corrected chi connectivity index (χ4v) is 1.97. The Hall–Kier alpha value is -2.53. The molecular weight excluding hydrogens is 349 g/mol. The van der Waals surface area contributed by atoms with Crippen LogP contribution >= 0.6 is 0 Å². The summed E-state index contributed by atoms with van der Waals surface area (Å²) in [5.74, 6) is 3.63. The lowest BCUT2D eigenvalue weighted by molar-refractivity contribution is -0.176. The first kappa shape index (κ1) is 21.5. The summed E-state index contributed by atoms with van der Waals surface area (Å²) in [6.45, 7) is 0. The van der Waals surface area contributed by atoms with Crippen molar-refractivity contribution in [1.82, 2.24) is 10.2 Å². The van der Waals surface area contributed by atoms with E-state index >= 15 is 0 Å². The molecule has 8 heteroatoms. The van der Waals surface area contributed by atoms with Gasteiger partial charge in [0.2, 0.25) is 5.91 Å².